The minimum Gasteiger partial charge on any atom is -0.326 e. The van der Waals surface area contributed by atoms with E-state index in [-0.39, 0.29) is 28.6 Å². The summed E-state index contributed by atoms with van der Waals surface area (Å²) in [6.07, 6.45) is 4.22. The summed E-state index contributed by atoms with van der Waals surface area (Å²) in [5, 5.41) is 6.33. The molecule has 2 fully saturated rings. The number of hydrogen-bond donors (Lipinski definition) is 3. The Morgan fingerprint density at radius 3 is 2.80 bits per heavy atom. The van der Waals surface area contributed by atoms with Crippen LogP contribution in [0.3, 0.4) is 0 Å². The first-order chi connectivity index (χ1) is 11.4. The largest absolute Gasteiger partial charge is 0.326 e. The number of anilines is 1. The molecule has 0 bridgehead atoms. The summed E-state index contributed by atoms with van der Waals surface area (Å²) in [5.74, 6) is 0.381. The van der Waals surface area contributed by atoms with E-state index in [0.717, 1.165) is 25.8 Å². The first-order valence-electron chi connectivity index (χ1n) is 8.45. The number of carbonyl (C=O) groups excluding carboxylic acids is 1. The quantitative estimate of drug-likeness (QED) is 0.737. The second-order valence-electron chi connectivity index (χ2n) is 6.87. The predicted molar refractivity (Wildman–Crippen MR) is 101 cm³/mol. The van der Waals surface area contributed by atoms with Gasteiger partial charge in [-0.2, -0.15) is 0 Å². The van der Waals surface area contributed by atoms with Crippen molar-refractivity contribution in [1.82, 2.24) is 10.0 Å². The molecule has 1 saturated carbocycles. The third-order valence-corrected chi connectivity index (χ3v) is 7.05. The van der Waals surface area contributed by atoms with E-state index in [4.69, 9.17) is 0 Å². The zero-order valence-corrected chi connectivity index (χ0v) is 16.2. The van der Waals surface area contributed by atoms with E-state index in [2.05, 4.69) is 15.4 Å². The van der Waals surface area contributed by atoms with Crippen molar-refractivity contribution in [2.45, 2.75) is 37.5 Å². The van der Waals surface area contributed by atoms with Gasteiger partial charge < -0.3 is 10.6 Å². The maximum absolute atomic E-state index is 13.0. The standard InChI is InChI=1S/C17H25N3O3S.ClH/c1-12-6-7-14(9-15(12)24(22,23)18-2)20-16(21)17-8-4-3-5-13(17)10-19-11-17;/h6-7,9,13,18-19H,3-5,8,10-11H2,1-2H3,(H,20,21);1H/t13-,17+;/m0./s1. The lowest BCUT2D eigenvalue weighted by molar-refractivity contribution is -0.128. The number of hydrogen-bond acceptors (Lipinski definition) is 4. The van der Waals surface area contributed by atoms with E-state index < -0.39 is 10.0 Å². The number of carbonyl (C=O) groups is 1. The van der Waals surface area contributed by atoms with Gasteiger partial charge in [0.2, 0.25) is 15.9 Å². The van der Waals surface area contributed by atoms with E-state index in [1.807, 2.05) is 0 Å². The molecule has 3 rings (SSSR count). The zero-order valence-electron chi connectivity index (χ0n) is 14.6. The normalized spacial score (nSPS) is 25.8. The fourth-order valence-electron chi connectivity index (χ4n) is 4.02. The van der Waals surface area contributed by atoms with Crippen molar-refractivity contribution in [2.75, 3.05) is 25.5 Å². The van der Waals surface area contributed by atoms with Gasteiger partial charge in [-0.1, -0.05) is 18.9 Å². The molecule has 2 aliphatic rings. The van der Waals surface area contributed by atoms with Crippen molar-refractivity contribution in [3.8, 4) is 0 Å². The number of sulfonamides is 1. The molecule has 0 radical (unpaired) electrons. The minimum absolute atomic E-state index is 0. The Bertz CT molecular complexity index is 754. The first kappa shape index (κ1) is 20.2. The number of halogens is 1. The third kappa shape index (κ3) is 3.69. The predicted octanol–water partition coefficient (Wildman–Crippen LogP) is 2.04. The molecule has 0 spiro atoms. The Morgan fingerprint density at radius 2 is 2.08 bits per heavy atom. The number of amides is 1. The van der Waals surface area contributed by atoms with Gasteiger partial charge in [0, 0.05) is 12.2 Å². The Labute approximate surface area is 155 Å². The molecular formula is C17H26ClN3O3S. The van der Waals surface area contributed by atoms with Gasteiger partial charge in [-0.15, -0.1) is 12.4 Å². The lowest BCUT2D eigenvalue weighted by Crippen LogP contribution is -2.44. The monoisotopic (exact) mass is 387 g/mol. The van der Waals surface area contributed by atoms with Crippen LogP contribution in [0, 0.1) is 18.3 Å². The second kappa shape index (κ2) is 7.61. The van der Waals surface area contributed by atoms with E-state index in [1.165, 1.54) is 19.5 Å². The Hall–Kier alpha value is -1.15. The molecule has 1 aliphatic heterocycles. The van der Waals surface area contributed by atoms with Crippen LogP contribution in [0.15, 0.2) is 23.1 Å². The molecule has 1 heterocycles. The van der Waals surface area contributed by atoms with Crippen LogP contribution in [0.4, 0.5) is 5.69 Å². The summed E-state index contributed by atoms with van der Waals surface area (Å²) in [6.45, 7) is 3.34. The first-order valence-corrected chi connectivity index (χ1v) is 9.94. The molecule has 1 amide bonds. The summed E-state index contributed by atoms with van der Waals surface area (Å²) >= 11 is 0. The smallest absolute Gasteiger partial charge is 0.240 e. The molecule has 1 aliphatic carbocycles. The summed E-state index contributed by atoms with van der Waals surface area (Å²) < 4.78 is 26.5. The maximum atomic E-state index is 13.0. The summed E-state index contributed by atoms with van der Waals surface area (Å²) in [6, 6.07) is 5.03. The Balaban J connectivity index is 0.00000225. The fraction of sp³-hybridized carbons (Fsp3) is 0.588. The highest BCUT2D eigenvalue weighted by Gasteiger charge is 2.49. The van der Waals surface area contributed by atoms with Crippen LogP contribution in [0.25, 0.3) is 0 Å². The van der Waals surface area contributed by atoms with E-state index in [1.54, 1.807) is 19.1 Å². The van der Waals surface area contributed by atoms with Gasteiger partial charge >= 0.3 is 0 Å². The van der Waals surface area contributed by atoms with Crippen molar-refractivity contribution in [3.05, 3.63) is 23.8 Å². The van der Waals surface area contributed by atoms with Crippen molar-refractivity contribution in [2.24, 2.45) is 11.3 Å². The number of benzene rings is 1. The van der Waals surface area contributed by atoms with Crippen LogP contribution in [-0.4, -0.2) is 34.5 Å². The molecule has 2 atom stereocenters. The minimum atomic E-state index is -3.54. The number of fused-ring (bicyclic) bond motifs is 1. The lowest BCUT2D eigenvalue weighted by atomic mass is 9.67. The molecule has 1 aromatic carbocycles. The third-order valence-electron chi connectivity index (χ3n) is 5.49. The van der Waals surface area contributed by atoms with E-state index in [0.29, 0.717) is 23.7 Å². The molecule has 3 N–H and O–H groups in total. The highest BCUT2D eigenvalue weighted by molar-refractivity contribution is 7.89. The van der Waals surface area contributed by atoms with E-state index in [9.17, 15) is 13.2 Å². The summed E-state index contributed by atoms with van der Waals surface area (Å²) in [7, 11) is -2.16. The SMILES string of the molecule is CNS(=O)(=O)c1cc(NC(=O)[C@@]23CCCC[C@H]2CNC3)ccc1C.Cl. The molecule has 1 saturated heterocycles. The molecule has 6 nitrogen and oxygen atoms in total. The van der Waals surface area contributed by atoms with Gasteiger partial charge in [-0.25, -0.2) is 13.1 Å². The van der Waals surface area contributed by atoms with Crippen LogP contribution >= 0.6 is 12.4 Å². The van der Waals surface area contributed by atoms with Crippen LogP contribution in [0.2, 0.25) is 0 Å². The van der Waals surface area contributed by atoms with Crippen LogP contribution in [0.1, 0.15) is 31.2 Å². The highest BCUT2D eigenvalue weighted by Crippen LogP contribution is 2.44. The molecule has 25 heavy (non-hydrogen) atoms. The van der Waals surface area contributed by atoms with Crippen molar-refractivity contribution < 1.29 is 13.2 Å². The number of rotatable bonds is 4. The number of aryl methyl sites for hydroxylation is 1. The second-order valence-corrected chi connectivity index (χ2v) is 8.73. The molecule has 8 heteroatoms. The summed E-state index contributed by atoms with van der Waals surface area (Å²) in [5.41, 5.74) is 0.828. The van der Waals surface area contributed by atoms with Crippen LogP contribution < -0.4 is 15.4 Å². The molecule has 1 aromatic rings. The van der Waals surface area contributed by atoms with Crippen LogP contribution in [-0.2, 0) is 14.8 Å². The van der Waals surface area contributed by atoms with Crippen molar-refractivity contribution in [3.63, 3.8) is 0 Å². The Morgan fingerprint density at radius 1 is 1.32 bits per heavy atom. The van der Waals surface area contributed by atoms with Gasteiger partial charge in [-0.05, 0) is 57.0 Å². The van der Waals surface area contributed by atoms with Crippen molar-refractivity contribution >= 4 is 34.0 Å². The topological polar surface area (TPSA) is 87.3 Å². The van der Waals surface area contributed by atoms with Gasteiger partial charge in [-0.3, -0.25) is 4.79 Å². The van der Waals surface area contributed by atoms with Gasteiger partial charge in [0.15, 0.2) is 0 Å². The van der Waals surface area contributed by atoms with E-state index >= 15 is 0 Å². The summed E-state index contributed by atoms with van der Waals surface area (Å²) in [4.78, 5) is 13.2. The number of nitrogens with one attached hydrogen (secondary N) is 3. The molecular weight excluding hydrogens is 362 g/mol. The molecule has 140 valence electrons. The average molecular weight is 388 g/mol. The lowest BCUT2D eigenvalue weighted by Gasteiger charge is -2.37. The molecule has 0 aromatic heterocycles. The highest BCUT2D eigenvalue weighted by atomic mass is 35.5. The average Bonchev–Trinajstić information content (AvgIpc) is 3.01. The zero-order chi connectivity index (χ0) is 17.4. The maximum Gasteiger partial charge on any atom is 0.240 e. The van der Waals surface area contributed by atoms with Crippen molar-refractivity contribution in [1.29, 1.82) is 0 Å². The molecule has 0 unspecified atom stereocenters. The Kier molecular flexibility index (Phi) is 6.14. The van der Waals surface area contributed by atoms with Gasteiger partial charge in [0.1, 0.15) is 0 Å². The van der Waals surface area contributed by atoms with Crippen LogP contribution in [0.5, 0.6) is 0 Å². The van der Waals surface area contributed by atoms with Gasteiger partial charge in [0.05, 0.1) is 10.3 Å². The van der Waals surface area contributed by atoms with Gasteiger partial charge in [0.25, 0.3) is 0 Å². The fourth-order valence-corrected chi connectivity index (χ4v) is 5.02.